The Morgan fingerprint density at radius 2 is 1.70 bits per heavy atom. The number of nitrogens with two attached hydrogens (primary N) is 1. The molecule has 0 spiro atoms. The summed E-state index contributed by atoms with van der Waals surface area (Å²) in [7, 11) is 0. The molecule has 1 aliphatic rings. The largest absolute Gasteiger partial charge is 0.369 e. The first-order valence-corrected chi connectivity index (χ1v) is 7.91. The van der Waals surface area contributed by atoms with Crippen LogP contribution in [-0.4, -0.2) is 43.7 Å². The van der Waals surface area contributed by atoms with Crippen LogP contribution < -0.4 is 10.6 Å². The first kappa shape index (κ1) is 15.6. The number of hydrogen-bond acceptors (Lipinski definition) is 3. The minimum Gasteiger partial charge on any atom is -0.369 e. The molecule has 3 nitrogen and oxygen atoms in total. The molecule has 1 aromatic rings. The fourth-order valence-electron chi connectivity index (χ4n) is 2.85. The second-order valence-electron chi connectivity index (χ2n) is 6.15. The maximum absolute atomic E-state index is 6.20. The van der Waals surface area contributed by atoms with Crippen molar-refractivity contribution in [2.75, 3.05) is 37.6 Å². The van der Waals surface area contributed by atoms with E-state index in [2.05, 4.69) is 35.8 Å². The zero-order valence-corrected chi connectivity index (χ0v) is 13.3. The third-order valence-electron chi connectivity index (χ3n) is 3.83. The van der Waals surface area contributed by atoms with Gasteiger partial charge in [0.25, 0.3) is 0 Å². The summed E-state index contributed by atoms with van der Waals surface area (Å²) in [5.74, 6) is 0.681. The van der Waals surface area contributed by atoms with Crippen LogP contribution >= 0.6 is 11.6 Å². The summed E-state index contributed by atoms with van der Waals surface area (Å²) < 4.78 is 0. The molecule has 0 aromatic heterocycles. The third-order valence-corrected chi connectivity index (χ3v) is 4.08. The van der Waals surface area contributed by atoms with Gasteiger partial charge in [0, 0.05) is 49.5 Å². The molecule has 1 aromatic carbocycles. The van der Waals surface area contributed by atoms with E-state index >= 15 is 0 Å². The number of hydrogen-bond donors (Lipinski definition) is 1. The Labute approximate surface area is 127 Å². The maximum atomic E-state index is 6.20. The van der Waals surface area contributed by atoms with Gasteiger partial charge < -0.3 is 10.6 Å². The second kappa shape index (κ2) is 7.30. The van der Waals surface area contributed by atoms with Crippen molar-refractivity contribution in [1.82, 2.24) is 4.90 Å². The summed E-state index contributed by atoms with van der Waals surface area (Å²) in [6.07, 6.45) is 1.11. The minimum atomic E-state index is 0.303. The van der Waals surface area contributed by atoms with E-state index in [4.69, 9.17) is 17.3 Å². The molecule has 1 fully saturated rings. The van der Waals surface area contributed by atoms with E-state index in [0.29, 0.717) is 12.0 Å². The van der Waals surface area contributed by atoms with Crippen LogP contribution in [0.4, 0.5) is 5.69 Å². The number of rotatable bonds is 5. The molecule has 20 heavy (non-hydrogen) atoms. The van der Waals surface area contributed by atoms with E-state index in [1.807, 2.05) is 12.1 Å². The van der Waals surface area contributed by atoms with Crippen LogP contribution in [0.25, 0.3) is 0 Å². The van der Waals surface area contributed by atoms with Crippen LogP contribution in [0.1, 0.15) is 20.3 Å². The Kier molecular flexibility index (Phi) is 5.70. The van der Waals surface area contributed by atoms with Gasteiger partial charge in [0.2, 0.25) is 0 Å². The predicted octanol–water partition coefficient (Wildman–Crippen LogP) is 2.84. The molecule has 1 atom stereocenters. The van der Waals surface area contributed by atoms with E-state index < -0.39 is 0 Å². The van der Waals surface area contributed by atoms with Gasteiger partial charge in [0.05, 0.1) is 0 Å². The molecule has 0 radical (unpaired) electrons. The fraction of sp³-hybridized carbons (Fsp3) is 0.625. The summed E-state index contributed by atoms with van der Waals surface area (Å²) in [6.45, 7) is 9.80. The first-order valence-electron chi connectivity index (χ1n) is 7.53. The number of halogens is 1. The molecule has 2 rings (SSSR count). The summed E-state index contributed by atoms with van der Waals surface area (Å²) in [6, 6.07) is 8.42. The third kappa shape index (κ3) is 4.65. The topological polar surface area (TPSA) is 32.5 Å². The molecular formula is C16H26ClN3. The van der Waals surface area contributed by atoms with Crippen molar-refractivity contribution < 1.29 is 0 Å². The monoisotopic (exact) mass is 295 g/mol. The van der Waals surface area contributed by atoms with Gasteiger partial charge in [-0.25, -0.2) is 0 Å². The van der Waals surface area contributed by atoms with Crippen molar-refractivity contribution in [3.05, 3.63) is 29.3 Å². The number of piperazine rings is 1. The smallest absolute Gasteiger partial charge is 0.0407 e. The Morgan fingerprint density at radius 1 is 1.10 bits per heavy atom. The molecule has 0 amide bonds. The zero-order chi connectivity index (χ0) is 14.5. The lowest BCUT2D eigenvalue weighted by Crippen LogP contribution is -2.50. The molecule has 0 saturated carbocycles. The molecule has 1 unspecified atom stereocenters. The van der Waals surface area contributed by atoms with Crippen LogP contribution in [0.3, 0.4) is 0 Å². The van der Waals surface area contributed by atoms with Gasteiger partial charge in [-0.15, -0.1) is 0 Å². The molecule has 1 heterocycles. The van der Waals surface area contributed by atoms with Crippen molar-refractivity contribution in [3.63, 3.8) is 0 Å². The van der Waals surface area contributed by atoms with Gasteiger partial charge in [-0.3, -0.25) is 4.90 Å². The van der Waals surface area contributed by atoms with Crippen molar-refractivity contribution in [1.29, 1.82) is 0 Å². The average Bonchev–Trinajstić information content (AvgIpc) is 2.39. The molecule has 112 valence electrons. The molecule has 0 bridgehead atoms. The van der Waals surface area contributed by atoms with Gasteiger partial charge in [0.15, 0.2) is 0 Å². The lowest BCUT2D eigenvalue weighted by molar-refractivity contribution is 0.233. The highest BCUT2D eigenvalue weighted by Gasteiger charge is 2.19. The predicted molar refractivity (Wildman–Crippen MR) is 87.5 cm³/mol. The number of nitrogens with zero attached hydrogens (tertiary/aromatic N) is 2. The first-order chi connectivity index (χ1) is 9.54. The Bertz CT molecular complexity index is 397. The number of benzene rings is 1. The van der Waals surface area contributed by atoms with E-state index in [0.717, 1.165) is 44.2 Å². The fourth-order valence-corrected chi connectivity index (χ4v) is 2.98. The Morgan fingerprint density at radius 3 is 2.25 bits per heavy atom. The Balaban J connectivity index is 1.79. The highest BCUT2D eigenvalue weighted by atomic mass is 35.5. The standard InChI is InChI=1S/C16H26ClN3/c1-13(2)11-15(18)12-19-7-9-20(10-8-19)16-5-3-14(17)4-6-16/h3-6,13,15H,7-12,18H2,1-2H3. The van der Waals surface area contributed by atoms with Crippen LogP contribution in [0.15, 0.2) is 24.3 Å². The zero-order valence-electron chi connectivity index (χ0n) is 12.6. The normalized spacial score (nSPS) is 18.6. The van der Waals surface area contributed by atoms with Gasteiger partial charge in [-0.2, -0.15) is 0 Å². The van der Waals surface area contributed by atoms with Crippen molar-refractivity contribution >= 4 is 17.3 Å². The average molecular weight is 296 g/mol. The summed E-state index contributed by atoms with van der Waals surface area (Å²) in [5.41, 5.74) is 7.46. The van der Waals surface area contributed by atoms with Gasteiger partial charge >= 0.3 is 0 Å². The van der Waals surface area contributed by atoms with Crippen LogP contribution in [0, 0.1) is 5.92 Å². The van der Waals surface area contributed by atoms with Crippen LogP contribution in [0.5, 0.6) is 0 Å². The maximum Gasteiger partial charge on any atom is 0.0407 e. The highest BCUT2D eigenvalue weighted by molar-refractivity contribution is 6.30. The SMILES string of the molecule is CC(C)CC(N)CN1CCN(c2ccc(Cl)cc2)CC1. The highest BCUT2D eigenvalue weighted by Crippen LogP contribution is 2.19. The van der Waals surface area contributed by atoms with Crippen molar-refractivity contribution in [3.8, 4) is 0 Å². The lowest BCUT2D eigenvalue weighted by atomic mass is 10.0. The van der Waals surface area contributed by atoms with Gasteiger partial charge in [-0.05, 0) is 36.6 Å². The van der Waals surface area contributed by atoms with E-state index in [9.17, 15) is 0 Å². The molecule has 4 heteroatoms. The Hall–Kier alpha value is -0.770. The van der Waals surface area contributed by atoms with Crippen LogP contribution in [0.2, 0.25) is 5.02 Å². The van der Waals surface area contributed by atoms with Crippen molar-refractivity contribution in [2.45, 2.75) is 26.3 Å². The summed E-state index contributed by atoms with van der Waals surface area (Å²) >= 11 is 5.93. The van der Waals surface area contributed by atoms with E-state index in [1.54, 1.807) is 0 Å². The molecule has 1 aliphatic heterocycles. The van der Waals surface area contributed by atoms with Gasteiger partial charge in [-0.1, -0.05) is 25.4 Å². The summed E-state index contributed by atoms with van der Waals surface area (Å²) in [4.78, 5) is 4.90. The number of anilines is 1. The van der Waals surface area contributed by atoms with Crippen LogP contribution in [-0.2, 0) is 0 Å². The minimum absolute atomic E-state index is 0.303. The van der Waals surface area contributed by atoms with Crippen molar-refractivity contribution in [2.24, 2.45) is 11.7 Å². The molecule has 1 saturated heterocycles. The molecule has 2 N–H and O–H groups in total. The second-order valence-corrected chi connectivity index (χ2v) is 6.59. The lowest BCUT2D eigenvalue weighted by Gasteiger charge is -2.37. The summed E-state index contributed by atoms with van der Waals surface area (Å²) in [5, 5.41) is 0.798. The van der Waals surface area contributed by atoms with E-state index in [1.165, 1.54) is 5.69 Å². The molecular weight excluding hydrogens is 270 g/mol. The van der Waals surface area contributed by atoms with Gasteiger partial charge in [0.1, 0.15) is 0 Å². The van der Waals surface area contributed by atoms with E-state index in [-0.39, 0.29) is 0 Å². The molecule has 0 aliphatic carbocycles. The quantitative estimate of drug-likeness (QED) is 0.907.